The maximum absolute atomic E-state index is 11.8. The van der Waals surface area contributed by atoms with Gasteiger partial charge in [-0.3, -0.25) is 4.79 Å². The van der Waals surface area contributed by atoms with Crippen molar-refractivity contribution in [3.8, 4) is 0 Å². The first-order chi connectivity index (χ1) is 7.00. The Bertz CT molecular complexity index is 212. The van der Waals surface area contributed by atoms with Crippen LogP contribution in [-0.2, 0) is 4.79 Å². The molecule has 1 atom stereocenters. The summed E-state index contributed by atoms with van der Waals surface area (Å²) in [6.45, 7) is 1.91. The van der Waals surface area contributed by atoms with Crippen LogP contribution >= 0.6 is 0 Å². The second-order valence-electron chi connectivity index (χ2n) is 3.75. The second-order valence-corrected chi connectivity index (χ2v) is 3.75. The van der Waals surface area contributed by atoms with Crippen molar-refractivity contribution in [1.29, 1.82) is 0 Å². The highest BCUT2D eigenvalue weighted by Gasteiger charge is 2.38. The first kappa shape index (κ1) is 12.3. The maximum atomic E-state index is 11.8. The number of rotatable bonds is 3. The Morgan fingerprint density at radius 2 is 2.20 bits per heavy atom. The molecule has 1 amide bonds. The molecule has 1 saturated heterocycles. The molecule has 15 heavy (non-hydrogen) atoms. The molecule has 88 valence electrons. The minimum Gasteiger partial charge on any atom is -0.348 e. The third-order valence-electron chi connectivity index (χ3n) is 2.49. The lowest BCUT2D eigenvalue weighted by Gasteiger charge is -2.22. The fourth-order valence-corrected chi connectivity index (χ4v) is 1.66. The van der Waals surface area contributed by atoms with E-state index in [1.165, 1.54) is 0 Å². The predicted molar refractivity (Wildman–Crippen MR) is 49.3 cm³/mol. The number of halogens is 3. The Morgan fingerprint density at radius 3 is 2.73 bits per heavy atom. The lowest BCUT2D eigenvalue weighted by Crippen LogP contribution is -2.39. The van der Waals surface area contributed by atoms with Crippen molar-refractivity contribution in [2.45, 2.75) is 25.4 Å². The number of amides is 1. The Kier molecular flexibility index (Phi) is 4.38. The van der Waals surface area contributed by atoms with E-state index in [-0.39, 0.29) is 6.54 Å². The summed E-state index contributed by atoms with van der Waals surface area (Å²) in [5.41, 5.74) is 0. The summed E-state index contributed by atoms with van der Waals surface area (Å²) < 4.78 is 35.4. The van der Waals surface area contributed by atoms with E-state index in [4.69, 9.17) is 0 Å². The lowest BCUT2D eigenvalue weighted by molar-refractivity contribution is -0.173. The van der Waals surface area contributed by atoms with Crippen LogP contribution in [0.1, 0.15) is 19.3 Å². The summed E-state index contributed by atoms with van der Waals surface area (Å²) in [6, 6.07) is 0. The molecule has 1 heterocycles. The zero-order valence-electron chi connectivity index (χ0n) is 8.36. The maximum Gasteiger partial charge on any atom is 0.471 e. The van der Waals surface area contributed by atoms with Crippen molar-refractivity contribution in [2.24, 2.45) is 5.92 Å². The van der Waals surface area contributed by atoms with E-state index in [9.17, 15) is 18.0 Å². The molecule has 0 unspecified atom stereocenters. The van der Waals surface area contributed by atoms with Gasteiger partial charge in [-0.25, -0.2) is 0 Å². The van der Waals surface area contributed by atoms with Crippen molar-refractivity contribution in [3.05, 3.63) is 0 Å². The number of hydrogen-bond donors (Lipinski definition) is 2. The van der Waals surface area contributed by atoms with E-state index in [0.717, 1.165) is 25.9 Å². The van der Waals surface area contributed by atoms with E-state index < -0.39 is 12.1 Å². The highest BCUT2D eigenvalue weighted by molar-refractivity contribution is 5.81. The number of carbonyl (C=O) groups is 1. The van der Waals surface area contributed by atoms with Gasteiger partial charge in [-0.05, 0) is 38.3 Å². The topological polar surface area (TPSA) is 41.1 Å². The molecule has 0 bridgehead atoms. The van der Waals surface area contributed by atoms with Crippen LogP contribution in [0, 0.1) is 5.92 Å². The molecule has 0 saturated carbocycles. The van der Waals surface area contributed by atoms with Gasteiger partial charge >= 0.3 is 12.1 Å². The van der Waals surface area contributed by atoms with Gasteiger partial charge in [0.05, 0.1) is 0 Å². The van der Waals surface area contributed by atoms with Gasteiger partial charge in [0.15, 0.2) is 0 Å². The molecular formula is C9H15F3N2O. The molecule has 3 nitrogen and oxygen atoms in total. The molecule has 1 aliphatic heterocycles. The SMILES string of the molecule is O=C(NCC[C@@H]1CCCNC1)C(F)(F)F. The van der Waals surface area contributed by atoms with Gasteiger partial charge in [-0.15, -0.1) is 0 Å². The van der Waals surface area contributed by atoms with Gasteiger partial charge < -0.3 is 10.6 Å². The molecule has 6 heteroatoms. The minimum atomic E-state index is -4.76. The largest absolute Gasteiger partial charge is 0.471 e. The normalized spacial score (nSPS) is 22.5. The Hall–Kier alpha value is -0.780. The molecule has 2 N–H and O–H groups in total. The van der Waals surface area contributed by atoms with Gasteiger partial charge in [0.2, 0.25) is 0 Å². The Balaban J connectivity index is 2.12. The van der Waals surface area contributed by atoms with Crippen LogP contribution in [0.2, 0.25) is 0 Å². The first-order valence-corrected chi connectivity index (χ1v) is 5.06. The van der Waals surface area contributed by atoms with Crippen molar-refractivity contribution in [1.82, 2.24) is 10.6 Å². The number of piperidine rings is 1. The number of alkyl halides is 3. The molecule has 0 aromatic rings. The van der Waals surface area contributed by atoms with Gasteiger partial charge in [-0.1, -0.05) is 0 Å². The predicted octanol–water partition coefficient (Wildman–Crippen LogP) is 1.05. The monoisotopic (exact) mass is 224 g/mol. The van der Waals surface area contributed by atoms with Crippen LogP contribution in [0.3, 0.4) is 0 Å². The summed E-state index contributed by atoms with van der Waals surface area (Å²) >= 11 is 0. The summed E-state index contributed by atoms with van der Waals surface area (Å²) in [4.78, 5) is 10.5. The summed E-state index contributed by atoms with van der Waals surface area (Å²) in [7, 11) is 0. The van der Waals surface area contributed by atoms with Crippen LogP contribution in [0.5, 0.6) is 0 Å². The lowest BCUT2D eigenvalue weighted by atomic mass is 9.96. The molecule has 1 aliphatic rings. The summed E-state index contributed by atoms with van der Waals surface area (Å²) in [5, 5.41) is 5.05. The van der Waals surface area contributed by atoms with Crippen molar-refractivity contribution in [2.75, 3.05) is 19.6 Å². The molecule has 0 spiro atoms. The molecule has 0 radical (unpaired) electrons. The molecule has 0 aromatic heterocycles. The smallest absolute Gasteiger partial charge is 0.348 e. The summed E-state index contributed by atoms with van der Waals surface area (Å²) in [5.74, 6) is -1.46. The van der Waals surface area contributed by atoms with Crippen LogP contribution in [0.15, 0.2) is 0 Å². The van der Waals surface area contributed by atoms with Gasteiger partial charge in [-0.2, -0.15) is 13.2 Å². The Labute approximate surface area is 86.4 Å². The first-order valence-electron chi connectivity index (χ1n) is 5.06. The second kappa shape index (κ2) is 5.34. The zero-order chi connectivity index (χ0) is 11.3. The number of hydrogen-bond acceptors (Lipinski definition) is 2. The van der Waals surface area contributed by atoms with Crippen LogP contribution in [0.25, 0.3) is 0 Å². The van der Waals surface area contributed by atoms with E-state index in [0.29, 0.717) is 12.3 Å². The molecular weight excluding hydrogens is 209 g/mol. The molecule has 1 rings (SSSR count). The van der Waals surface area contributed by atoms with Crippen molar-refractivity contribution in [3.63, 3.8) is 0 Å². The highest BCUT2D eigenvalue weighted by Crippen LogP contribution is 2.15. The third-order valence-corrected chi connectivity index (χ3v) is 2.49. The third kappa shape index (κ3) is 4.51. The van der Waals surface area contributed by atoms with Crippen molar-refractivity contribution >= 4 is 5.91 Å². The molecule has 0 aliphatic carbocycles. The van der Waals surface area contributed by atoms with Crippen molar-refractivity contribution < 1.29 is 18.0 Å². The van der Waals surface area contributed by atoms with Crippen LogP contribution in [-0.4, -0.2) is 31.7 Å². The minimum absolute atomic E-state index is 0.102. The van der Waals surface area contributed by atoms with Gasteiger partial charge in [0, 0.05) is 6.54 Å². The van der Waals surface area contributed by atoms with Gasteiger partial charge in [0.1, 0.15) is 0 Å². The average molecular weight is 224 g/mol. The van der Waals surface area contributed by atoms with E-state index in [2.05, 4.69) is 5.32 Å². The number of carbonyl (C=O) groups excluding carboxylic acids is 1. The Morgan fingerprint density at radius 1 is 1.47 bits per heavy atom. The zero-order valence-corrected chi connectivity index (χ0v) is 8.36. The summed E-state index contributed by atoms with van der Waals surface area (Å²) in [6.07, 6.45) is -2.08. The quantitative estimate of drug-likeness (QED) is 0.752. The fraction of sp³-hybridized carbons (Fsp3) is 0.889. The van der Waals surface area contributed by atoms with Gasteiger partial charge in [0.25, 0.3) is 0 Å². The standard InChI is InChI=1S/C9H15F3N2O/c10-9(11,12)8(15)14-5-3-7-2-1-4-13-6-7/h7,13H,1-6H2,(H,14,15)/t7-/m0/s1. The number of nitrogens with one attached hydrogen (secondary N) is 2. The fourth-order valence-electron chi connectivity index (χ4n) is 1.66. The molecule has 0 aromatic carbocycles. The van der Waals surface area contributed by atoms with E-state index in [1.807, 2.05) is 5.32 Å². The van der Waals surface area contributed by atoms with E-state index >= 15 is 0 Å². The van der Waals surface area contributed by atoms with Crippen LogP contribution in [0.4, 0.5) is 13.2 Å². The van der Waals surface area contributed by atoms with Crippen LogP contribution < -0.4 is 10.6 Å². The average Bonchev–Trinajstić information content (AvgIpc) is 2.18. The molecule has 1 fully saturated rings. The highest BCUT2D eigenvalue weighted by atomic mass is 19.4. The van der Waals surface area contributed by atoms with E-state index in [1.54, 1.807) is 0 Å².